The van der Waals surface area contributed by atoms with Gasteiger partial charge >= 0.3 is 11.9 Å². The van der Waals surface area contributed by atoms with Crippen molar-refractivity contribution in [1.29, 1.82) is 0 Å². The lowest BCUT2D eigenvalue weighted by atomic mass is 9.99. The van der Waals surface area contributed by atoms with Crippen LogP contribution in [0.3, 0.4) is 0 Å². The summed E-state index contributed by atoms with van der Waals surface area (Å²) in [5, 5.41) is 40.2. The van der Waals surface area contributed by atoms with Crippen LogP contribution in [0.15, 0.2) is 85.1 Å². The van der Waals surface area contributed by atoms with E-state index in [9.17, 15) is 30.0 Å². The van der Waals surface area contributed by atoms with E-state index in [1.165, 1.54) is 25.7 Å². The molecule has 10 heteroatoms. The van der Waals surface area contributed by atoms with Crippen molar-refractivity contribution in [1.82, 2.24) is 0 Å². The molecule has 0 bridgehead atoms. The summed E-state index contributed by atoms with van der Waals surface area (Å²) in [6, 6.07) is 0. The van der Waals surface area contributed by atoms with Gasteiger partial charge < -0.3 is 39.4 Å². The van der Waals surface area contributed by atoms with Gasteiger partial charge in [0.25, 0.3) is 0 Å². The zero-order valence-corrected chi connectivity index (χ0v) is 39.3. The van der Waals surface area contributed by atoms with E-state index in [1.807, 2.05) is 0 Å². The first kappa shape index (κ1) is 57.9. The van der Waals surface area contributed by atoms with E-state index >= 15 is 0 Å². The molecule has 4 N–H and O–H groups in total. The molecule has 1 rings (SSSR count). The predicted molar refractivity (Wildman–Crippen MR) is 256 cm³/mol. The molecular formula is C53H88O10. The average molecular weight is 885 g/mol. The summed E-state index contributed by atoms with van der Waals surface area (Å²) >= 11 is 0. The highest BCUT2D eigenvalue weighted by atomic mass is 16.7. The molecule has 10 nitrogen and oxygen atoms in total. The molecule has 0 aromatic carbocycles. The van der Waals surface area contributed by atoms with Gasteiger partial charge in [-0.2, -0.15) is 0 Å². The Bertz CT molecular complexity index is 1300. The zero-order chi connectivity index (χ0) is 45.9. The molecule has 0 spiro atoms. The fourth-order valence-corrected chi connectivity index (χ4v) is 6.89. The first-order valence-corrected chi connectivity index (χ1v) is 24.7. The maximum atomic E-state index is 12.8. The summed E-state index contributed by atoms with van der Waals surface area (Å²) in [6.07, 6.45) is 48.6. The quantitative estimate of drug-likeness (QED) is 0.0266. The molecule has 0 aromatic rings. The number of hydrogen-bond acceptors (Lipinski definition) is 10. The van der Waals surface area contributed by atoms with Crippen molar-refractivity contribution in [2.75, 3.05) is 19.8 Å². The van der Waals surface area contributed by atoms with Gasteiger partial charge in [0.05, 0.1) is 13.2 Å². The van der Waals surface area contributed by atoms with E-state index in [1.54, 1.807) is 0 Å². The lowest BCUT2D eigenvalue weighted by Crippen LogP contribution is -2.59. The number of rotatable bonds is 40. The van der Waals surface area contributed by atoms with E-state index in [2.05, 4.69) is 98.9 Å². The van der Waals surface area contributed by atoms with Crippen LogP contribution in [0.1, 0.15) is 181 Å². The first-order valence-electron chi connectivity index (χ1n) is 24.7. The maximum Gasteiger partial charge on any atom is 0.306 e. The number of allylic oxidation sites excluding steroid dienone is 14. The standard InChI is InChI=1S/C53H88O10/c1-3-5-7-9-11-13-15-17-19-21-23-25-27-29-31-33-35-37-39-41-48(55)60-44-46(45-61-53-52(59)51(58)50(57)47(43-54)63-53)62-49(56)42-40-38-36-34-32-30-28-26-24-22-20-18-16-14-12-10-8-6-4-2/h6,8,11-14,17-20,23-26,46-47,50-54,57-59H,3-5,7,9-10,15-16,21-22,27-45H2,1-2H3/b8-6-,13-11-,14-12-,19-17-,20-18-,25-23-,26-24-. The highest BCUT2D eigenvalue weighted by Crippen LogP contribution is 2.22. The molecule has 0 amide bonds. The molecule has 0 radical (unpaired) electrons. The minimum atomic E-state index is -1.61. The van der Waals surface area contributed by atoms with Gasteiger partial charge in [0, 0.05) is 12.8 Å². The van der Waals surface area contributed by atoms with Gasteiger partial charge in [0.2, 0.25) is 0 Å². The number of aliphatic hydroxyl groups excluding tert-OH is 4. The summed E-state index contributed by atoms with van der Waals surface area (Å²) in [5.74, 6) is -0.843. The summed E-state index contributed by atoms with van der Waals surface area (Å²) in [4.78, 5) is 25.4. The normalized spacial score (nSPS) is 20.3. The van der Waals surface area contributed by atoms with Gasteiger partial charge in [0.15, 0.2) is 12.4 Å². The van der Waals surface area contributed by atoms with Crippen LogP contribution in [0, 0.1) is 0 Å². The minimum absolute atomic E-state index is 0.206. The Labute approximate surface area is 382 Å². The molecule has 1 saturated heterocycles. The summed E-state index contributed by atoms with van der Waals surface area (Å²) in [5.41, 5.74) is 0. The smallest absolute Gasteiger partial charge is 0.306 e. The number of aliphatic hydroxyl groups is 4. The number of unbranched alkanes of at least 4 members (excludes halogenated alkanes) is 15. The topological polar surface area (TPSA) is 152 Å². The highest BCUT2D eigenvalue weighted by molar-refractivity contribution is 5.70. The van der Waals surface area contributed by atoms with Crippen molar-refractivity contribution in [2.45, 2.75) is 218 Å². The van der Waals surface area contributed by atoms with Crippen molar-refractivity contribution in [3.63, 3.8) is 0 Å². The van der Waals surface area contributed by atoms with Crippen LogP contribution in [0.2, 0.25) is 0 Å². The third-order valence-corrected chi connectivity index (χ3v) is 10.8. The monoisotopic (exact) mass is 885 g/mol. The van der Waals surface area contributed by atoms with Gasteiger partial charge in [-0.1, -0.05) is 163 Å². The van der Waals surface area contributed by atoms with Crippen molar-refractivity contribution in [2.24, 2.45) is 0 Å². The van der Waals surface area contributed by atoms with Crippen LogP contribution >= 0.6 is 0 Å². The number of carbonyl (C=O) groups excluding carboxylic acids is 2. The van der Waals surface area contributed by atoms with Crippen LogP contribution in [-0.2, 0) is 28.5 Å². The zero-order valence-electron chi connectivity index (χ0n) is 39.3. The third kappa shape index (κ3) is 34.0. The van der Waals surface area contributed by atoms with Crippen LogP contribution < -0.4 is 0 Å². The Morgan fingerprint density at radius 3 is 1.41 bits per heavy atom. The van der Waals surface area contributed by atoms with Gasteiger partial charge in [0.1, 0.15) is 31.0 Å². The lowest BCUT2D eigenvalue weighted by molar-refractivity contribution is -0.305. The second kappa shape index (κ2) is 42.8. The average Bonchev–Trinajstić information content (AvgIpc) is 3.28. The Morgan fingerprint density at radius 1 is 0.508 bits per heavy atom. The number of hydrogen-bond donors (Lipinski definition) is 4. The van der Waals surface area contributed by atoms with Gasteiger partial charge in [-0.3, -0.25) is 9.59 Å². The number of ether oxygens (including phenoxy) is 4. The Morgan fingerprint density at radius 2 is 0.937 bits per heavy atom. The third-order valence-electron chi connectivity index (χ3n) is 10.8. The van der Waals surface area contributed by atoms with Gasteiger partial charge in [-0.15, -0.1) is 0 Å². The molecule has 6 atom stereocenters. The predicted octanol–water partition coefficient (Wildman–Crippen LogP) is 11.3. The molecule has 0 aliphatic carbocycles. The SMILES string of the molecule is CC/C=C\C/C=C\C/C=C\C/C=C\CCCCCCCCC(=O)OC(COC(=O)CCCCCCCC/C=C\C/C=C\C/C=C\CCCCC)COC1OC(CO)C(O)C(O)C1O. The van der Waals surface area contributed by atoms with Crippen LogP contribution in [0.4, 0.5) is 0 Å². The molecule has 1 aliphatic rings. The number of carbonyl (C=O) groups is 2. The first-order chi connectivity index (χ1) is 30.8. The Kier molecular flexibility index (Phi) is 39.3. The molecule has 360 valence electrons. The van der Waals surface area contributed by atoms with Crippen molar-refractivity contribution < 1.29 is 49.0 Å². The number of esters is 2. The van der Waals surface area contributed by atoms with Crippen molar-refractivity contribution >= 4 is 11.9 Å². The van der Waals surface area contributed by atoms with Crippen LogP contribution in [-0.4, -0.2) is 89.0 Å². The highest BCUT2D eigenvalue weighted by Gasteiger charge is 2.44. The van der Waals surface area contributed by atoms with E-state index in [0.29, 0.717) is 12.8 Å². The molecular weight excluding hydrogens is 797 g/mol. The minimum Gasteiger partial charge on any atom is -0.462 e. The molecule has 63 heavy (non-hydrogen) atoms. The molecule has 1 aliphatic heterocycles. The van der Waals surface area contributed by atoms with Crippen molar-refractivity contribution in [3.05, 3.63) is 85.1 Å². The second-order valence-electron chi connectivity index (χ2n) is 16.5. The van der Waals surface area contributed by atoms with E-state index in [4.69, 9.17) is 18.9 Å². The molecule has 1 heterocycles. The van der Waals surface area contributed by atoms with Crippen LogP contribution in [0.25, 0.3) is 0 Å². The Balaban J connectivity index is 2.32. The Hall–Kier alpha value is -3.12. The summed E-state index contributed by atoms with van der Waals surface area (Å²) < 4.78 is 22.2. The molecule has 0 aromatic heterocycles. The molecule has 6 unspecified atom stereocenters. The van der Waals surface area contributed by atoms with Gasteiger partial charge in [-0.05, 0) is 89.9 Å². The fourth-order valence-electron chi connectivity index (χ4n) is 6.89. The fraction of sp³-hybridized carbons (Fsp3) is 0.698. The summed E-state index contributed by atoms with van der Waals surface area (Å²) in [7, 11) is 0. The lowest BCUT2D eigenvalue weighted by Gasteiger charge is -2.39. The van der Waals surface area contributed by atoms with E-state index in [-0.39, 0.29) is 26.1 Å². The molecule has 0 saturated carbocycles. The largest absolute Gasteiger partial charge is 0.462 e. The second-order valence-corrected chi connectivity index (χ2v) is 16.5. The van der Waals surface area contributed by atoms with Crippen LogP contribution in [0.5, 0.6) is 0 Å². The van der Waals surface area contributed by atoms with Crippen molar-refractivity contribution in [3.8, 4) is 0 Å². The van der Waals surface area contributed by atoms with Gasteiger partial charge in [-0.25, -0.2) is 0 Å². The molecule has 1 fully saturated rings. The van der Waals surface area contributed by atoms with E-state index < -0.39 is 55.4 Å². The van der Waals surface area contributed by atoms with E-state index in [0.717, 1.165) is 116 Å². The maximum absolute atomic E-state index is 12.8. The summed E-state index contributed by atoms with van der Waals surface area (Å²) in [6.45, 7) is 3.25.